The second-order valence-electron chi connectivity index (χ2n) is 7.18. The zero-order chi connectivity index (χ0) is 22.5. The quantitative estimate of drug-likeness (QED) is 0.336. The van der Waals surface area contributed by atoms with Gasteiger partial charge < -0.3 is 14.0 Å². The van der Waals surface area contributed by atoms with Crippen molar-refractivity contribution in [2.45, 2.75) is 33.7 Å². The second-order valence-corrected chi connectivity index (χ2v) is 8.34. The van der Waals surface area contributed by atoms with Gasteiger partial charge in [-0.15, -0.1) is 0 Å². The first-order chi connectivity index (χ1) is 14.8. The largest absolute Gasteiger partial charge is 0.464 e. The van der Waals surface area contributed by atoms with Gasteiger partial charge in [0.05, 0.1) is 18.7 Å². The molecule has 0 aliphatic carbocycles. The fraction of sp³-hybridized carbons (Fsp3) is 0.292. The van der Waals surface area contributed by atoms with Crippen molar-refractivity contribution in [3.05, 3.63) is 78.6 Å². The van der Waals surface area contributed by atoms with Gasteiger partial charge in [0.15, 0.2) is 0 Å². The summed E-state index contributed by atoms with van der Waals surface area (Å²) in [5, 5.41) is 0.439. The lowest BCUT2D eigenvalue weighted by molar-refractivity contribution is -0.141. The van der Waals surface area contributed by atoms with Gasteiger partial charge >= 0.3 is 11.9 Å². The molecule has 0 aliphatic heterocycles. The summed E-state index contributed by atoms with van der Waals surface area (Å²) >= 11 is 2.31. The van der Waals surface area contributed by atoms with Crippen molar-refractivity contribution in [2.75, 3.05) is 13.2 Å². The van der Waals surface area contributed by atoms with E-state index in [1.165, 1.54) is 27.8 Å². The minimum absolute atomic E-state index is 0.0280. The highest BCUT2D eigenvalue weighted by atomic mass is 127. The smallest absolute Gasteiger partial charge is 0.343 e. The molecule has 3 rings (SSSR count). The topological polar surface area (TPSA) is 74.6 Å². The van der Waals surface area contributed by atoms with Crippen LogP contribution in [-0.4, -0.2) is 29.7 Å². The summed E-state index contributed by atoms with van der Waals surface area (Å²) in [5.74, 6) is -1.04. The summed E-state index contributed by atoms with van der Waals surface area (Å²) in [7, 11) is 0. The van der Waals surface area contributed by atoms with Crippen molar-refractivity contribution in [2.24, 2.45) is 0 Å². The molecule has 31 heavy (non-hydrogen) atoms. The Balaban J connectivity index is 2.08. The van der Waals surface area contributed by atoms with Gasteiger partial charge in [-0.05, 0) is 77.7 Å². The fourth-order valence-electron chi connectivity index (χ4n) is 3.45. The maximum Gasteiger partial charge on any atom is 0.343 e. The Kier molecular flexibility index (Phi) is 7.48. The van der Waals surface area contributed by atoms with Gasteiger partial charge in [-0.1, -0.05) is 18.2 Å². The number of pyridine rings is 1. The van der Waals surface area contributed by atoms with Crippen LogP contribution in [0.15, 0.2) is 47.4 Å². The van der Waals surface area contributed by atoms with E-state index in [2.05, 4.69) is 41.6 Å². The normalized spacial score (nSPS) is 10.8. The van der Waals surface area contributed by atoms with E-state index < -0.39 is 5.97 Å². The average molecular weight is 533 g/mol. The van der Waals surface area contributed by atoms with E-state index in [-0.39, 0.29) is 30.2 Å². The third-order valence-electron chi connectivity index (χ3n) is 5.05. The first kappa shape index (κ1) is 23.0. The number of rotatable bonds is 7. The highest BCUT2D eigenvalue weighted by Crippen LogP contribution is 2.21. The molecule has 0 N–H and O–H groups in total. The second kappa shape index (κ2) is 10.1. The SMILES string of the molecule is CCOC(=O)c1cn(CCOC(C)=O)c2ccc(Cc3cccc(I)c3C)cc2c1=O. The minimum Gasteiger partial charge on any atom is -0.464 e. The van der Waals surface area contributed by atoms with Crippen molar-refractivity contribution >= 4 is 45.4 Å². The molecule has 6 nitrogen and oxygen atoms in total. The van der Waals surface area contributed by atoms with Gasteiger partial charge in [0.25, 0.3) is 0 Å². The van der Waals surface area contributed by atoms with E-state index >= 15 is 0 Å². The van der Waals surface area contributed by atoms with Gasteiger partial charge in [0, 0.05) is 22.1 Å². The van der Waals surface area contributed by atoms with Crippen molar-refractivity contribution in [1.29, 1.82) is 0 Å². The summed E-state index contributed by atoms with van der Waals surface area (Å²) in [6.07, 6.45) is 2.16. The molecule has 1 aromatic heterocycles. The molecule has 0 atom stereocenters. The molecule has 0 saturated carbocycles. The lowest BCUT2D eigenvalue weighted by Crippen LogP contribution is -2.22. The lowest BCUT2D eigenvalue weighted by atomic mass is 9.99. The predicted molar refractivity (Wildman–Crippen MR) is 127 cm³/mol. The minimum atomic E-state index is -0.658. The van der Waals surface area contributed by atoms with E-state index in [1.54, 1.807) is 11.5 Å². The average Bonchev–Trinajstić information content (AvgIpc) is 2.73. The van der Waals surface area contributed by atoms with Crippen LogP contribution in [0.5, 0.6) is 0 Å². The van der Waals surface area contributed by atoms with Crippen LogP contribution >= 0.6 is 22.6 Å². The van der Waals surface area contributed by atoms with Crippen LogP contribution < -0.4 is 5.43 Å². The van der Waals surface area contributed by atoms with Crippen molar-refractivity contribution < 1.29 is 19.1 Å². The van der Waals surface area contributed by atoms with Crippen LogP contribution in [0, 0.1) is 10.5 Å². The molecule has 0 amide bonds. The number of carbonyl (C=O) groups is 2. The molecule has 162 valence electrons. The molecule has 0 aliphatic rings. The molecule has 0 unspecified atom stereocenters. The summed E-state index contributed by atoms with van der Waals surface area (Å²) < 4.78 is 13.1. The zero-order valence-electron chi connectivity index (χ0n) is 17.7. The Bertz CT molecular complexity index is 1200. The number of aromatic nitrogens is 1. The van der Waals surface area contributed by atoms with Gasteiger partial charge in [-0.3, -0.25) is 9.59 Å². The molecule has 0 bridgehead atoms. The number of hydrogen-bond donors (Lipinski definition) is 0. The first-order valence-corrected chi connectivity index (χ1v) is 11.1. The highest BCUT2D eigenvalue weighted by Gasteiger charge is 2.17. The standard InChI is InChI=1S/C24H24INO5/c1-4-30-24(29)20-14-26(10-11-31-16(3)27)22-9-8-17(13-19(22)23(20)28)12-18-6-5-7-21(25)15(18)2/h5-9,13-14H,4,10-12H2,1-3H3. The summed E-state index contributed by atoms with van der Waals surface area (Å²) in [5.41, 5.74) is 3.65. The van der Waals surface area contributed by atoms with E-state index in [9.17, 15) is 14.4 Å². The molecule has 1 heterocycles. The Hall–Kier alpha value is -2.68. The van der Waals surface area contributed by atoms with E-state index in [4.69, 9.17) is 9.47 Å². The third-order valence-corrected chi connectivity index (χ3v) is 6.22. The summed E-state index contributed by atoms with van der Waals surface area (Å²) in [6, 6.07) is 11.8. The van der Waals surface area contributed by atoms with Gasteiger partial charge in [0.2, 0.25) is 5.43 Å². The molecule has 2 aromatic carbocycles. The van der Waals surface area contributed by atoms with Crippen LogP contribution in [-0.2, 0) is 27.2 Å². The number of ether oxygens (including phenoxy) is 2. The molecule has 3 aromatic rings. The third kappa shape index (κ3) is 5.33. The van der Waals surface area contributed by atoms with Crippen LogP contribution in [0.25, 0.3) is 10.9 Å². The number of benzene rings is 2. The molecule has 0 spiro atoms. The molecule has 7 heteroatoms. The zero-order valence-corrected chi connectivity index (χ0v) is 19.9. The number of fused-ring (bicyclic) bond motifs is 1. The number of esters is 2. The Morgan fingerprint density at radius 3 is 2.61 bits per heavy atom. The number of nitrogens with zero attached hydrogens (tertiary/aromatic N) is 1. The summed E-state index contributed by atoms with van der Waals surface area (Å²) in [4.78, 5) is 36.6. The van der Waals surface area contributed by atoms with Crippen LogP contribution in [0.1, 0.15) is 40.9 Å². The summed E-state index contributed by atoms with van der Waals surface area (Å²) in [6.45, 7) is 5.75. The predicted octanol–water partition coefficient (Wildman–Crippen LogP) is 4.25. The van der Waals surface area contributed by atoms with Gasteiger partial charge in [-0.25, -0.2) is 4.79 Å². The first-order valence-electron chi connectivity index (χ1n) is 10.0. The Morgan fingerprint density at radius 2 is 1.90 bits per heavy atom. The van der Waals surface area contributed by atoms with Crippen molar-refractivity contribution in [3.8, 4) is 0 Å². The Labute approximate surface area is 194 Å². The van der Waals surface area contributed by atoms with Crippen LogP contribution in [0.4, 0.5) is 0 Å². The van der Waals surface area contributed by atoms with E-state index in [1.807, 2.05) is 24.3 Å². The maximum absolute atomic E-state index is 13.1. The lowest BCUT2D eigenvalue weighted by Gasteiger charge is -2.14. The molecule has 0 saturated heterocycles. The highest BCUT2D eigenvalue weighted by molar-refractivity contribution is 14.1. The van der Waals surface area contributed by atoms with Crippen molar-refractivity contribution in [3.63, 3.8) is 0 Å². The number of carbonyl (C=O) groups excluding carboxylic acids is 2. The maximum atomic E-state index is 13.1. The van der Waals surface area contributed by atoms with Crippen LogP contribution in [0.3, 0.4) is 0 Å². The number of hydrogen-bond acceptors (Lipinski definition) is 5. The molecule has 0 fully saturated rings. The van der Waals surface area contributed by atoms with E-state index in [0.29, 0.717) is 23.9 Å². The molecule has 0 radical (unpaired) electrons. The van der Waals surface area contributed by atoms with Gasteiger partial charge in [-0.2, -0.15) is 0 Å². The fourth-order valence-corrected chi connectivity index (χ4v) is 4.00. The van der Waals surface area contributed by atoms with Crippen LogP contribution in [0.2, 0.25) is 0 Å². The van der Waals surface area contributed by atoms with Gasteiger partial charge in [0.1, 0.15) is 12.2 Å². The molecular weight excluding hydrogens is 509 g/mol. The van der Waals surface area contributed by atoms with Crippen molar-refractivity contribution in [1.82, 2.24) is 4.57 Å². The number of halogens is 1. The van der Waals surface area contributed by atoms with E-state index in [0.717, 1.165) is 5.56 Å². The Morgan fingerprint density at radius 1 is 1.13 bits per heavy atom. The molecular formula is C24H24INO5. The monoisotopic (exact) mass is 533 g/mol.